The van der Waals surface area contributed by atoms with Gasteiger partial charge in [0.2, 0.25) is 15.9 Å². The summed E-state index contributed by atoms with van der Waals surface area (Å²) in [4.78, 5) is 14.9. The van der Waals surface area contributed by atoms with E-state index in [9.17, 15) is 13.2 Å². The molecule has 1 amide bonds. The Balaban J connectivity index is 1.66. The largest absolute Gasteiger partial charge is 0.497 e. The maximum Gasteiger partial charge on any atom is 0.241 e. The maximum atomic E-state index is 12.6. The minimum Gasteiger partial charge on any atom is -0.497 e. The number of carbonyl (C=O) groups is 1. The predicted octanol–water partition coefficient (Wildman–Crippen LogP) is 1.62. The molecule has 174 valence electrons. The average molecular weight is 464 g/mol. The first-order chi connectivity index (χ1) is 15.3. The third-order valence-electron chi connectivity index (χ3n) is 5.14. The first-order valence-electron chi connectivity index (χ1n) is 10.2. The van der Waals surface area contributed by atoms with Crippen molar-refractivity contribution >= 4 is 27.3 Å². The Bertz CT molecular complexity index is 1020. The molecule has 0 atom stereocenters. The lowest BCUT2D eigenvalue weighted by Gasteiger charge is -2.29. The van der Waals surface area contributed by atoms with E-state index in [1.807, 2.05) is 24.3 Å². The standard InChI is InChI=1S/C22H29N3O6S/c1-29-19-8-9-21(30-2)20(14-19)25(32(3,27)28)16-22(26)23-15-17-4-6-18(7-5-17)24-10-12-31-13-11-24/h4-9,14H,10-13,15-16H2,1-3H3,(H,23,26). The SMILES string of the molecule is COc1ccc(OC)c(N(CC(=O)NCc2ccc(N3CCOCC3)cc2)S(C)(=O)=O)c1. The molecule has 1 aliphatic heterocycles. The number of benzene rings is 2. The number of sulfonamides is 1. The van der Waals surface area contributed by atoms with Crippen LogP contribution in [0.2, 0.25) is 0 Å². The maximum absolute atomic E-state index is 12.6. The number of anilines is 2. The lowest BCUT2D eigenvalue weighted by molar-refractivity contribution is -0.119. The quantitative estimate of drug-likeness (QED) is 0.604. The molecule has 0 radical (unpaired) electrons. The van der Waals surface area contributed by atoms with Crippen molar-refractivity contribution in [2.24, 2.45) is 0 Å². The zero-order valence-electron chi connectivity index (χ0n) is 18.5. The Morgan fingerprint density at radius 1 is 1.09 bits per heavy atom. The molecular formula is C22H29N3O6S. The van der Waals surface area contributed by atoms with Crippen molar-refractivity contribution in [3.63, 3.8) is 0 Å². The highest BCUT2D eigenvalue weighted by molar-refractivity contribution is 7.92. The molecule has 2 aromatic rings. The van der Waals surface area contributed by atoms with E-state index in [2.05, 4.69) is 10.2 Å². The van der Waals surface area contributed by atoms with E-state index in [1.165, 1.54) is 20.3 Å². The Kier molecular flexibility index (Phi) is 7.81. The molecular weight excluding hydrogens is 434 g/mol. The molecule has 1 fully saturated rings. The van der Waals surface area contributed by atoms with Crippen LogP contribution in [0.15, 0.2) is 42.5 Å². The van der Waals surface area contributed by atoms with Crippen LogP contribution in [0.3, 0.4) is 0 Å². The van der Waals surface area contributed by atoms with Crippen LogP contribution in [0.25, 0.3) is 0 Å². The Morgan fingerprint density at radius 3 is 2.38 bits per heavy atom. The summed E-state index contributed by atoms with van der Waals surface area (Å²) in [6.07, 6.45) is 1.05. The summed E-state index contributed by atoms with van der Waals surface area (Å²) in [6, 6.07) is 12.7. The van der Waals surface area contributed by atoms with Gasteiger partial charge in [-0.25, -0.2) is 8.42 Å². The molecule has 0 unspecified atom stereocenters. The molecule has 10 heteroatoms. The molecule has 1 N–H and O–H groups in total. The van der Waals surface area contributed by atoms with Gasteiger partial charge in [-0.05, 0) is 29.8 Å². The summed E-state index contributed by atoms with van der Waals surface area (Å²) in [5.74, 6) is 0.343. The number of carbonyl (C=O) groups excluding carboxylic acids is 1. The van der Waals surface area contributed by atoms with Gasteiger partial charge in [0, 0.05) is 31.4 Å². The van der Waals surface area contributed by atoms with Gasteiger partial charge in [-0.3, -0.25) is 9.10 Å². The van der Waals surface area contributed by atoms with Gasteiger partial charge in [0.25, 0.3) is 0 Å². The predicted molar refractivity (Wildman–Crippen MR) is 123 cm³/mol. The lowest BCUT2D eigenvalue weighted by Crippen LogP contribution is -2.40. The fourth-order valence-corrected chi connectivity index (χ4v) is 4.26. The number of ether oxygens (including phenoxy) is 3. The third-order valence-corrected chi connectivity index (χ3v) is 6.27. The molecule has 0 saturated carbocycles. The van der Waals surface area contributed by atoms with Crippen LogP contribution in [0.1, 0.15) is 5.56 Å². The second-order valence-electron chi connectivity index (χ2n) is 7.35. The second-order valence-corrected chi connectivity index (χ2v) is 9.26. The molecule has 0 bridgehead atoms. The molecule has 0 aromatic heterocycles. The van der Waals surface area contributed by atoms with Crippen molar-refractivity contribution in [1.29, 1.82) is 0 Å². The Hall–Kier alpha value is -2.98. The van der Waals surface area contributed by atoms with Crippen LogP contribution in [-0.4, -0.2) is 67.6 Å². The minimum absolute atomic E-state index is 0.236. The van der Waals surface area contributed by atoms with Crippen LogP contribution in [0.4, 0.5) is 11.4 Å². The van der Waals surface area contributed by atoms with Crippen LogP contribution in [0.5, 0.6) is 11.5 Å². The minimum atomic E-state index is -3.75. The molecule has 32 heavy (non-hydrogen) atoms. The van der Waals surface area contributed by atoms with Crippen molar-refractivity contribution in [1.82, 2.24) is 5.32 Å². The third kappa shape index (κ3) is 6.04. The summed E-state index contributed by atoms with van der Waals surface area (Å²) in [6.45, 7) is 3.04. The zero-order chi connectivity index (χ0) is 23.1. The summed E-state index contributed by atoms with van der Waals surface area (Å²) in [5.41, 5.74) is 2.26. The van der Waals surface area contributed by atoms with Gasteiger partial charge >= 0.3 is 0 Å². The summed E-state index contributed by atoms with van der Waals surface area (Å²) in [5, 5.41) is 2.79. The second kappa shape index (κ2) is 10.6. The topological polar surface area (TPSA) is 97.4 Å². The number of morpholine rings is 1. The molecule has 1 saturated heterocycles. The average Bonchev–Trinajstić information content (AvgIpc) is 2.81. The first-order valence-corrected chi connectivity index (χ1v) is 12.0. The number of nitrogens with one attached hydrogen (secondary N) is 1. The fraction of sp³-hybridized carbons (Fsp3) is 0.409. The number of rotatable bonds is 9. The Labute approximate surface area is 188 Å². The van der Waals surface area contributed by atoms with E-state index in [0.29, 0.717) is 24.7 Å². The van der Waals surface area contributed by atoms with Crippen molar-refractivity contribution in [3.8, 4) is 11.5 Å². The van der Waals surface area contributed by atoms with Crippen LogP contribution in [-0.2, 0) is 26.1 Å². The zero-order valence-corrected chi connectivity index (χ0v) is 19.4. The summed E-state index contributed by atoms with van der Waals surface area (Å²) in [7, 11) is -0.834. The van der Waals surface area contributed by atoms with Gasteiger partial charge in [-0.2, -0.15) is 0 Å². The highest BCUT2D eigenvalue weighted by atomic mass is 32.2. The highest BCUT2D eigenvalue weighted by Crippen LogP contribution is 2.33. The summed E-state index contributed by atoms with van der Waals surface area (Å²) >= 11 is 0. The lowest BCUT2D eigenvalue weighted by atomic mass is 10.2. The van der Waals surface area contributed by atoms with Gasteiger partial charge in [0.15, 0.2) is 0 Å². The van der Waals surface area contributed by atoms with Crippen molar-refractivity contribution < 1.29 is 27.4 Å². The molecule has 2 aromatic carbocycles. The van der Waals surface area contributed by atoms with Gasteiger partial charge in [-0.1, -0.05) is 12.1 Å². The number of amides is 1. The van der Waals surface area contributed by atoms with E-state index >= 15 is 0 Å². The molecule has 0 spiro atoms. The van der Waals surface area contributed by atoms with Gasteiger partial charge in [0.1, 0.15) is 18.0 Å². The Morgan fingerprint density at radius 2 is 1.78 bits per heavy atom. The monoisotopic (exact) mass is 463 g/mol. The highest BCUT2D eigenvalue weighted by Gasteiger charge is 2.24. The van der Waals surface area contributed by atoms with Crippen molar-refractivity contribution in [2.45, 2.75) is 6.54 Å². The van der Waals surface area contributed by atoms with E-state index < -0.39 is 15.9 Å². The smallest absolute Gasteiger partial charge is 0.241 e. The van der Waals surface area contributed by atoms with Crippen molar-refractivity contribution in [2.75, 3.05) is 62.5 Å². The number of hydrogen-bond acceptors (Lipinski definition) is 7. The molecule has 0 aliphatic carbocycles. The van der Waals surface area contributed by atoms with E-state index in [1.54, 1.807) is 12.1 Å². The van der Waals surface area contributed by atoms with E-state index in [0.717, 1.165) is 34.9 Å². The van der Waals surface area contributed by atoms with Gasteiger partial charge in [-0.15, -0.1) is 0 Å². The van der Waals surface area contributed by atoms with E-state index in [4.69, 9.17) is 14.2 Å². The van der Waals surface area contributed by atoms with Crippen LogP contribution < -0.4 is 24.0 Å². The van der Waals surface area contributed by atoms with E-state index in [-0.39, 0.29) is 18.8 Å². The summed E-state index contributed by atoms with van der Waals surface area (Å²) < 4.78 is 41.7. The normalized spacial score (nSPS) is 14.0. The van der Waals surface area contributed by atoms with Crippen LogP contribution in [0, 0.1) is 0 Å². The van der Waals surface area contributed by atoms with Gasteiger partial charge < -0.3 is 24.4 Å². The first kappa shape index (κ1) is 23.7. The molecule has 3 rings (SSSR count). The molecule has 1 heterocycles. The molecule has 9 nitrogen and oxygen atoms in total. The number of hydrogen-bond donors (Lipinski definition) is 1. The van der Waals surface area contributed by atoms with Crippen molar-refractivity contribution in [3.05, 3.63) is 48.0 Å². The molecule has 1 aliphatic rings. The van der Waals surface area contributed by atoms with Crippen LogP contribution >= 0.6 is 0 Å². The number of methoxy groups -OCH3 is 2. The van der Waals surface area contributed by atoms with Gasteiger partial charge in [0.05, 0.1) is 39.4 Å². The number of nitrogens with zero attached hydrogens (tertiary/aromatic N) is 2. The fourth-order valence-electron chi connectivity index (χ4n) is 3.41.